The van der Waals surface area contributed by atoms with E-state index in [0.717, 1.165) is 19.3 Å². The van der Waals surface area contributed by atoms with E-state index in [0.29, 0.717) is 0 Å². The van der Waals surface area contributed by atoms with E-state index in [9.17, 15) is 9.59 Å². The largest absolute Gasteiger partial charge is 0.324 e. The molecule has 1 fully saturated rings. The summed E-state index contributed by atoms with van der Waals surface area (Å²) in [7, 11) is 0. The number of carbonyl (C=O) groups excluding carboxylic acids is 2. The molecule has 92 valence electrons. The summed E-state index contributed by atoms with van der Waals surface area (Å²) < 4.78 is 0. The number of unbranched alkanes of at least 4 members (excludes halogenated alkanes) is 5. The van der Waals surface area contributed by atoms with Crippen molar-refractivity contribution in [1.82, 2.24) is 10.6 Å². The van der Waals surface area contributed by atoms with Crippen LogP contribution in [0.25, 0.3) is 0 Å². The summed E-state index contributed by atoms with van der Waals surface area (Å²) in [5, 5.41) is 4.96. The molecule has 4 heteroatoms. The number of carbonyl (C=O) groups is 2. The zero-order valence-electron chi connectivity index (χ0n) is 10.3. The first kappa shape index (κ1) is 13.0. The van der Waals surface area contributed by atoms with Gasteiger partial charge in [-0.25, -0.2) is 4.79 Å². The Morgan fingerprint density at radius 1 is 1.06 bits per heavy atom. The lowest BCUT2D eigenvalue weighted by Gasteiger charge is -2.19. The van der Waals surface area contributed by atoms with Gasteiger partial charge in [0.15, 0.2) is 0 Å². The van der Waals surface area contributed by atoms with Crippen molar-refractivity contribution in [3.8, 4) is 0 Å². The molecule has 1 atom stereocenters. The van der Waals surface area contributed by atoms with Gasteiger partial charge >= 0.3 is 6.03 Å². The lowest BCUT2D eigenvalue weighted by Crippen LogP contribution is -2.43. The molecule has 0 radical (unpaired) electrons. The summed E-state index contributed by atoms with van der Waals surface area (Å²) >= 11 is 0. The average Bonchev–Trinajstić information content (AvgIpc) is 2.47. The zero-order valence-corrected chi connectivity index (χ0v) is 10.3. The molecule has 1 aliphatic heterocycles. The van der Waals surface area contributed by atoms with Crippen molar-refractivity contribution in [2.45, 2.75) is 64.3 Å². The SMILES string of the molecule is CCCCCCCC[C@@]1(C)NC(=O)NC1=O. The molecule has 0 unspecified atom stereocenters. The molecule has 0 aliphatic carbocycles. The van der Waals surface area contributed by atoms with Gasteiger partial charge in [0, 0.05) is 0 Å². The Bertz CT molecular complexity index is 266. The molecule has 2 N–H and O–H groups in total. The highest BCUT2D eigenvalue weighted by atomic mass is 16.2. The fourth-order valence-electron chi connectivity index (χ4n) is 2.01. The number of imide groups is 1. The van der Waals surface area contributed by atoms with Crippen LogP contribution in [0.2, 0.25) is 0 Å². The average molecular weight is 226 g/mol. The number of hydrogen-bond donors (Lipinski definition) is 2. The lowest BCUT2D eigenvalue weighted by molar-refractivity contribution is -0.123. The molecule has 1 heterocycles. The van der Waals surface area contributed by atoms with E-state index in [2.05, 4.69) is 17.6 Å². The molecule has 16 heavy (non-hydrogen) atoms. The first-order valence-electron chi connectivity index (χ1n) is 6.22. The minimum Gasteiger partial charge on any atom is -0.324 e. The van der Waals surface area contributed by atoms with Gasteiger partial charge in [0.05, 0.1) is 0 Å². The third kappa shape index (κ3) is 3.51. The first-order valence-corrected chi connectivity index (χ1v) is 6.22. The zero-order chi connectivity index (χ0) is 12.0. The Balaban J connectivity index is 2.17. The van der Waals surface area contributed by atoms with E-state index < -0.39 is 5.54 Å². The van der Waals surface area contributed by atoms with Crippen molar-refractivity contribution in [3.63, 3.8) is 0 Å². The molecule has 0 saturated carbocycles. The third-order valence-electron chi connectivity index (χ3n) is 3.15. The van der Waals surface area contributed by atoms with Crippen molar-refractivity contribution in [3.05, 3.63) is 0 Å². The van der Waals surface area contributed by atoms with Crippen LogP contribution < -0.4 is 10.6 Å². The van der Waals surface area contributed by atoms with Crippen molar-refractivity contribution in [2.24, 2.45) is 0 Å². The van der Waals surface area contributed by atoms with E-state index >= 15 is 0 Å². The predicted octanol–water partition coefficient (Wildman–Crippen LogP) is 2.34. The van der Waals surface area contributed by atoms with Gasteiger partial charge in [-0.3, -0.25) is 10.1 Å². The minimum absolute atomic E-state index is 0.189. The Labute approximate surface area is 97.2 Å². The molecule has 0 aromatic heterocycles. The standard InChI is InChI=1S/C12H22N2O2/c1-3-4-5-6-7-8-9-12(2)10(15)13-11(16)14-12/h3-9H2,1-2H3,(H2,13,14,15,16)/t12-/m1/s1. The summed E-state index contributed by atoms with van der Waals surface area (Å²) in [6.45, 7) is 3.98. The summed E-state index contributed by atoms with van der Waals surface area (Å²) in [4.78, 5) is 22.5. The topological polar surface area (TPSA) is 58.2 Å². The van der Waals surface area contributed by atoms with Crippen molar-refractivity contribution < 1.29 is 9.59 Å². The van der Waals surface area contributed by atoms with E-state index in [1.54, 1.807) is 6.92 Å². The highest BCUT2D eigenvalue weighted by Crippen LogP contribution is 2.19. The van der Waals surface area contributed by atoms with E-state index in [1.807, 2.05) is 0 Å². The second-order valence-electron chi connectivity index (χ2n) is 4.76. The minimum atomic E-state index is -0.679. The van der Waals surface area contributed by atoms with Gasteiger partial charge < -0.3 is 5.32 Å². The van der Waals surface area contributed by atoms with Gasteiger partial charge in [-0.2, -0.15) is 0 Å². The van der Waals surface area contributed by atoms with Crippen molar-refractivity contribution in [1.29, 1.82) is 0 Å². The summed E-state index contributed by atoms with van der Waals surface area (Å²) in [5.41, 5.74) is -0.679. The van der Waals surface area contributed by atoms with Crippen LogP contribution in [0.5, 0.6) is 0 Å². The van der Waals surface area contributed by atoms with Gasteiger partial charge in [0.2, 0.25) is 0 Å². The Morgan fingerprint density at radius 2 is 1.69 bits per heavy atom. The molecule has 0 aromatic rings. The van der Waals surface area contributed by atoms with Gasteiger partial charge in [0.1, 0.15) is 5.54 Å². The fraction of sp³-hybridized carbons (Fsp3) is 0.833. The van der Waals surface area contributed by atoms with Crippen LogP contribution in [0.1, 0.15) is 58.8 Å². The van der Waals surface area contributed by atoms with Crippen molar-refractivity contribution in [2.75, 3.05) is 0 Å². The first-order chi connectivity index (χ1) is 7.58. The summed E-state index contributed by atoms with van der Waals surface area (Å²) in [6.07, 6.45) is 7.89. The molecule has 3 amide bonds. The molecule has 4 nitrogen and oxygen atoms in total. The van der Waals surface area contributed by atoms with E-state index in [4.69, 9.17) is 0 Å². The normalized spacial score (nSPS) is 24.4. The van der Waals surface area contributed by atoms with Crippen LogP contribution in [-0.4, -0.2) is 17.5 Å². The molecule has 0 aromatic carbocycles. The number of rotatable bonds is 7. The molecule has 1 aliphatic rings. The highest BCUT2D eigenvalue weighted by Gasteiger charge is 2.40. The molecule has 1 rings (SSSR count). The second kappa shape index (κ2) is 5.87. The summed E-state index contributed by atoms with van der Waals surface area (Å²) in [6, 6.07) is -0.363. The quantitative estimate of drug-likeness (QED) is 0.517. The Hall–Kier alpha value is -1.06. The maximum atomic E-state index is 11.5. The molecule has 1 saturated heterocycles. The predicted molar refractivity (Wildman–Crippen MR) is 63.1 cm³/mol. The van der Waals surface area contributed by atoms with Crippen LogP contribution >= 0.6 is 0 Å². The van der Waals surface area contributed by atoms with Gasteiger partial charge in [-0.15, -0.1) is 0 Å². The van der Waals surface area contributed by atoms with Crippen LogP contribution in [0, 0.1) is 0 Å². The number of urea groups is 1. The van der Waals surface area contributed by atoms with Crippen LogP contribution in [0.3, 0.4) is 0 Å². The monoisotopic (exact) mass is 226 g/mol. The molecule has 0 spiro atoms. The smallest absolute Gasteiger partial charge is 0.322 e. The van der Waals surface area contributed by atoms with Crippen LogP contribution in [0.4, 0.5) is 4.79 Å². The van der Waals surface area contributed by atoms with E-state index in [1.165, 1.54) is 25.7 Å². The number of hydrogen-bond acceptors (Lipinski definition) is 2. The van der Waals surface area contributed by atoms with Crippen molar-refractivity contribution >= 4 is 11.9 Å². The van der Waals surface area contributed by atoms with Gasteiger partial charge in [-0.05, 0) is 13.3 Å². The fourth-order valence-corrected chi connectivity index (χ4v) is 2.01. The van der Waals surface area contributed by atoms with E-state index in [-0.39, 0.29) is 11.9 Å². The molecular weight excluding hydrogens is 204 g/mol. The van der Waals surface area contributed by atoms with Crippen LogP contribution in [-0.2, 0) is 4.79 Å². The van der Waals surface area contributed by atoms with Gasteiger partial charge in [-0.1, -0.05) is 45.4 Å². The third-order valence-corrected chi connectivity index (χ3v) is 3.15. The lowest BCUT2D eigenvalue weighted by atomic mass is 9.94. The maximum absolute atomic E-state index is 11.5. The second-order valence-corrected chi connectivity index (χ2v) is 4.76. The van der Waals surface area contributed by atoms with Gasteiger partial charge in [0.25, 0.3) is 5.91 Å². The Kier molecular flexibility index (Phi) is 4.77. The number of amides is 3. The maximum Gasteiger partial charge on any atom is 0.322 e. The summed E-state index contributed by atoms with van der Waals surface area (Å²) in [5.74, 6) is -0.189. The Morgan fingerprint density at radius 3 is 2.25 bits per heavy atom. The number of nitrogens with one attached hydrogen (secondary N) is 2. The highest BCUT2D eigenvalue weighted by molar-refractivity contribution is 6.06. The van der Waals surface area contributed by atoms with Crippen LogP contribution in [0.15, 0.2) is 0 Å². The molecular formula is C12H22N2O2. The molecule has 0 bridgehead atoms.